The van der Waals surface area contributed by atoms with Gasteiger partial charge in [0.2, 0.25) is 17.7 Å². The van der Waals surface area contributed by atoms with Crippen molar-refractivity contribution in [2.75, 3.05) is 6.54 Å². The van der Waals surface area contributed by atoms with E-state index in [1.807, 2.05) is 54.6 Å². The Morgan fingerprint density at radius 3 is 2.28 bits per heavy atom. The van der Waals surface area contributed by atoms with Gasteiger partial charge in [-0.3, -0.25) is 14.4 Å². The zero-order valence-corrected chi connectivity index (χ0v) is 23.5. The van der Waals surface area contributed by atoms with E-state index < -0.39 is 42.0 Å². The number of carboxylic acid groups (broad SMARTS) is 1. The lowest BCUT2D eigenvalue weighted by Gasteiger charge is -2.25. The first kappa shape index (κ1) is 29.5. The molecule has 1 aliphatic rings. The molecular formula is C31H35N7O5. The largest absolute Gasteiger partial charge is 0.480 e. The number of benzene rings is 2. The molecule has 0 spiro atoms. The van der Waals surface area contributed by atoms with Gasteiger partial charge in [0.05, 0.1) is 12.4 Å². The van der Waals surface area contributed by atoms with Crippen molar-refractivity contribution in [2.45, 2.75) is 56.3 Å². The molecule has 1 fully saturated rings. The van der Waals surface area contributed by atoms with E-state index in [0.29, 0.717) is 12.1 Å². The van der Waals surface area contributed by atoms with E-state index in [4.69, 9.17) is 0 Å². The number of carbonyl (C=O) groups excluding carboxylic acids is 3. The van der Waals surface area contributed by atoms with Crippen LogP contribution in [0.15, 0.2) is 73.3 Å². The van der Waals surface area contributed by atoms with Crippen LogP contribution in [0, 0.1) is 0 Å². The van der Waals surface area contributed by atoms with Gasteiger partial charge in [-0.2, -0.15) is 0 Å². The van der Waals surface area contributed by atoms with E-state index in [1.54, 1.807) is 6.20 Å². The number of imidazole rings is 1. The number of carboxylic acids is 1. The molecule has 224 valence electrons. The highest BCUT2D eigenvalue weighted by Crippen LogP contribution is 2.19. The molecule has 0 radical (unpaired) electrons. The molecule has 3 heterocycles. The van der Waals surface area contributed by atoms with Crippen LogP contribution in [0.3, 0.4) is 0 Å². The second kappa shape index (κ2) is 13.8. The lowest BCUT2D eigenvalue weighted by molar-refractivity contribution is -0.142. The first-order valence-electron chi connectivity index (χ1n) is 14.3. The molecule has 3 amide bonds. The van der Waals surface area contributed by atoms with E-state index in [0.717, 1.165) is 35.0 Å². The molecule has 1 aliphatic heterocycles. The lowest BCUT2D eigenvalue weighted by Crippen LogP contribution is -2.58. The van der Waals surface area contributed by atoms with Crippen LogP contribution in [0.5, 0.6) is 0 Å². The predicted octanol–water partition coefficient (Wildman–Crippen LogP) is 1.21. The summed E-state index contributed by atoms with van der Waals surface area (Å²) in [5.41, 5.74) is 3.00. The summed E-state index contributed by atoms with van der Waals surface area (Å²) in [5, 5.41) is 22.2. The van der Waals surface area contributed by atoms with E-state index in [9.17, 15) is 24.3 Å². The topological polar surface area (TPSA) is 181 Å². The molecule has 0 aliphatic carbocycles. The number of amides is 3. The number of aliphatic carboxylic acids is 1. The quantitative estimate of drug-likeness (QED) is 0.123. The van der Waals surface area contributed by atoms with Crippen molar-refractivity contribution in [3.63, 3.8) is 0 Å². The maximum atomic E-state index is 13.7. The van der Waals surface area contributed by atoms with Crippen molar-refractivity contribution in [2.24, 2.45) is 0 Å². The average molecular weight is 586 g/mol. The molecule has 0 saturated carbocycles. The summed E-state index contributed by atoms with van der Waals surface area (Å²) in [6, 6.07) is 13.0. The molecule has 7 N–H and O–H groups in total. The van der Waals surface area contributed by atoms with Crippen molar-refractivity contribution < 1.29 is 24.3 Å². The minimum Gasteiger partial charge on any atom is -0.480 e. The fourth-order valence-corrected chi connectivity index (χ4v) is 5.33. The van der Waals surface area contributed by atoms with E-state index in [1.165, 1.54) is 12.5 Å². The molecule has 2 aromatic carbocycles. The molecule has 4 aromatic rings. The SMILES string of the molecule is O=C(O)C(Cc1c[nH]c2ccccc12)NC(=O)C(Cc1cnc[nH]1)NC(=O)C(Cc1ccccc1)NC(=O)C1CCCN1. The van der Waals surface area contributed by atoms with Crippen molar-refractivity contribution in [3.05, 3.63) is 90.1 Å². The molecule has 5 rings (SSSR count). The number of nitrogens with zero attached hydrogens (tertiary/aromatic N) is 1. The molecule has 12 heteroatoms. The van der Waals surface area contributed by atoms with Gasteiger partial charge in [-0.15, -0.1) is 0 Å². The highest BCUT2D eigenvalue weighted by atomic mass is 16.4. The summed E-state index contributed by atoms with van der Waals surface area (Å²) in [6.45, 7) is 0.726. The van der Waals surface area contributed by atoms with Gasteiger partial charge < -0.3 is 36.3 Å². The summed E-state index contributed by atoms with van der Waals surface area (Å²) in [4.78, 5) is 62.5. The Morgan fingerprint density at radius 1 is 0.860 bits per heavy atom. The average Bonchev–Trinajstić information content (AvgIpc) is 3.80. The van der Waals surface area contributed by atoms with Crippen LogP contribution in [-0.2, 0) is 38.4 Å². The lowest BCUT2D eigenvalue weighted by atomic mass is 10.0. The molecule has 1 saturated heterocycles. The Hall–Kier alpha value is -4.97. The zero-order chi connectivity index (χ0) is 30.2. The highest BCUT2D eigenvalue weighted by Gasteiger charge is 2.32. The molecule has 43 heavy (non-hydrogen) atoms. The number of hydrogen-bond donors (Lipinski definition) is 7. The maximum absolute atomic E-state index is 13.7. The van der Waals surface area contributed by atoms with Crippen LogP contribution in [0.4, 0.5) is 0 Å². The highest BCUT2D eigenvalue weighted by molar-refractivity contribution is 5.94. The minimum atomic E-state index is -1.25. The van der Waals surface area contributed by atoms with Crippen molar-refractivity contribution in [1.29, 1.82) is 0 Å². The standard InChI is InChI=1S/C31H35N7O5/c39-28(24-11-6-12-33-24)36-25(13-19-7-2-1-3-8-19)29(40)37-26(15-21-17-32-18-35-21)30(41)38-27(31(42)43)14-20-16-34-23-10-5-4-9-22(20)23/h1-5,7-10,16-18,24-27,33-34H,6,11-15H2,(H,32,35)(H,36,39)(H,37,40)(H,38,41)(H,42,43). The van der Waals surface area contributed by atoms with Gasteiger partial charge in [-0.1, -0.05) is 48.5 Å². The van der Waals surface area contributed by atoms with Gasteiger partial charge in [0, 0.05) is 48.3 Å². The summed E-state index contributed by atoms with van der Waals surface area (Å²) in [6.07, 6.45) is 6.53. The van der Waals surface area contributed by atoms with Crippen LogP contribution >= 0.6 is 0 Å². The van der Waals surface area contributed by atoms with Crippen molar-refractivity contribution in [1.82, 2.24) is 36.2 Å². The number of para-hydroxylation sites is 1. The number of hydrogen-bond acceptors (Lipinski definition) is 6. The number of nitrogens with one attached hydrogen (secondary N) is 6. The second-order valence-electron chi connectivity index (χ2n) is 10.7. The monoisotopic (exact) mass is 585 g/mol. The van der Waals surface area contributed by atoms with Gasteiger partial charge in [-0.05, 0) is 36.6 Å². The van der Waals surface area contributed by atoms with Crippen LogP contribution in [0.2, 0.25) is 0 Å². The van der Waals surface area contributed by atoms with Crippen LogP contribution < -0.4 is 21.3 Å². The fraction of sp³-hybridized carbons (Fsp3) is 0.323. The van der Waals surface area contributed by atoms with E-state index in [-0.39, 0.29) is 25.2 Å². The Bertz CT molecular complexity index is 1550. The fourth-order valence-electron chi connectivity index (χ4n) is 5.33. The number of fused-ring (bicyclic) bond motifs is 1. The Morgan fingerprint density at radius 2 is 1.58 bits per heavy atom. The van der Waals surface area contributed by atoms with Gasteiger partial charge in [0.25, 0.3) is 0 Å². The first-order valence-corrected chi connectivity index (χ1v) is 14.3. The summed E-state index contributed by atoms with van der Waals surface area (Å²) in [5.74, 6) is -2.72. The third kappa shape index (κ3) is 7.66. The third-order valence-corrected chi connectivity index (χ3v) is 7.62. The Kier molecular flexibility index (Phi) is 9.47. The Balaban J connectivity index is 1.34. The van der Waals surface area contributed by atoms with Gasteiger partial charge in [0.1, 0.15) is 18.1 Å². The number of H-pyrrole nitrogens is 2. The smallest absolute Gasteiger partial charge is 0.326 e. The minimum absolute atomic E-state index is 0.0349. The van der Waals surface area contributed by atoms with Crippen LogP contribution in [0.25, 0.3) is 10.9 Å². The molecule has 2 aromatic heterocycles. The number of aromatic nitrogens is 3. The third-order valence-electron chi connectivity index (χ3n) is 7.62. The Labute approximate surface area is 248 Å². The van der Waals surface area contributed by atoms with E-state index in [2.05, 4.69) is 36.2 Å². The zero-order valence-electron chi connectivity index (χ0n) is 23.5. The normalized spacial score (nSPS) is 16.7. The maximum Gasteiger partial charge on any atom is 0.326 e. The second-order valence-corrected chi connectivity index (χ2v) is 10.7. The van der Waals surface area contributed by atoms with Gasteiger partial charge in [-0.25, -0.2) is 9.78 Å². The molecule has 4 atom stereocenters. The number of aromatic amines is 2. The van der Waals surface area contributed by atoms with Crippen molar-refractivity contribution >= 4 is 34.6 Å². The van der Waals surface area contributed by atoms with E-state index >= 15 is 0 Å². The molecule has 0 bridgehead atoms. The summed E-state index contributed by atoms with van der Waals surface area (Å²) < 4.78 is 0. The number of carbonyl (C=O) groups is 4. The molecular weight excluding hydrogens is 550 g/mol. The van der Waals surface area contributed by atoms with Crippen LogP contribution in [-0.4, -0.2) is 74.5 Å². The summed E-state index contributed by atoms with van der Waals surface area (Å²) >= 11 is 0. The molecule has 12 nitrogen and oxygen atoms in total. The van der Waals surface area contributed by atoms with Crippen LogP contribution in [0.1, 0.15) is 29.7 Å². The first-order chi connectivity index (χ1) is 20.9. The predicted molar refractivity (Wildman–Crippen MR) is 159 cm³/mol. The molecule has 4 unspecified atom stereocenters. The van der Waals surface area contributed by atoms with Crippen molar-refractivity contribution in [3.8, 4) is 0 Å². The van der Waals surface area contributed by atoms with Gasteiger partial charge in [0.15, 0.2) is 0 Å². The van der Waals surface area contributed by atoms with Gasteiger partial charge >= 0.3 is 5.97 Å². The number of rotatable bonds is 13. The summed E-state index contributed by atoms with van der Waals surface area (Å²) in [7, 11) is 0.